The molecule has 80 valence electrons. The molecule has 4 heteroatoms. The Morgan fingerprint density at radius 2 is 1.88 bits per heavy atom. The molecule has 2 rings (SSSR count). The molecule has 0 atom stereocenters. The number of rotatable bonds is 2. The molecule has 0 aliphatic heterocycles. The second-order valence-electron chi connectivity index (χ2n) is 3.32. The van der Waals surface area contributed by atoms with Crippen molar-refractivity contribution in [3.63, 3.8) is 0 Å². The van der Waals surface area contributed by atoms with Gasteiger partial charge in [0.25, 0.3) is 0 Å². The number of hydrazone groups is 1. The van der Waals surface area contributed by atoms with E-state index in [1.165, 1.54) is 6.21 Å². The van der Waals surface area contributed by atoms with Gasteiger partial charge in [-0.05, 0) is 16.8 Å². The van der Waals surface area contributed by atoms with E-state index in [4.69, 9.17) is 11.0 Å². The molecule has 16 heavy (non-hydrogen) atoms. The van der Waals surface area contributed by atoms with Crippen LogP contribution in [0.15, 0.2) is 52.7 Å². The number of fused-ring (bicyclic) bond motifs is 1. The first-order valence-electron chi connectivity index (χ1n) is 4.79. The van der Waals surface area contributed by atoms with E-state index in [0.717, 1.165) is 16.3 Å². The van der Waals surface area contributed by atoms with Gasteiger partial charge in [0, 0.05) is 5.56 Å². The topological polar surface area (TPSA) is 71.0 Å². The first-order valence-corrected chi connectivity index (χ1v) is 4.79. The summed E-state index contributed by atoms with van der Waals surface area (Å²) in [4.78, 5) is 0. The van der Waals surface area contributed by atoms with Gasteiger partial charge in [-0.3, -0.25) is 0 Å². The Hall–Kier alpha value is -2.36. The van der Waals surface area contributed by atoms with Crippen LogP contribution in [0, 0.1) is 0 Å². The Balaban J connectivity index is 2.54. The van der Waals surface area contributed by atoms with Gasteiger partial charge in [0.1, 0.15) is 5.71 Å². The first-order chi connectivity index (χ1) is 7.85. The molecule has 0 saturated heterocycles. The zero-order valence-electron chi connectivity index (χ0n) is 8.54. The molecule has 0 radical (unpaired) electrons. The van der Waals surface area contributed by atoms with Crippen molar-refractivity contribution in [2.45, 2.75) is 0 Å². The molecule has 0 bridgehead atoms. The predicted octanol–water partition coefficient (Wildman–Crippen LogP) is 1.96. The lowest BCUT2D eigenvalue weighted by atomic mass is 10.0. The smallest absolute Gasteiger partial charge is 0.111 e. The summed E-state index contributed by atoms with van der Waals surface area (Å²) in [7, 11) is 0. The summed E-state index contributed by atoms with van der Waals surface area (Å²) >= 11 is 0. The Bertz CT molecular complexity index is 561. The highest BCUT2D eigenvalue weighted by Gasteiger charge is 2.01. The van der Waals surface area contributed by atoms with Gasteiger partial charge in [0.05, 0.1) is 6.21 Å². The van der Waals surface area contributed by atoms with Crippen LogP contribution in [0.4, 0.5) is 0 Å². The molecule has 0 fully saturated rings. The van der Waals surface area contributed by atoms with E-state index in [9.17, 15) is 0 Å². The summed E-state index contributed by atoms with van der Waals surface area (Å²) in [6.07, 6.45) is 1.21. The largest absolute Gasteiger partial charge is 0.411 e. The molecule has 0 saturated carbocycles. The van der Waals surface area contributed by atoms with Crippen LogP contribution < -0.4 is 5.84 Å². The van der Waals surface area contributed by atoms with Crippen LogP contribution in [0.3, 0.4) is 0 Å². The summed E-state index contributed by atoms with van der Waals surface area (Å²) in [6, 6.07) is 13.8. The van der Waals surface area contributed by atoms with Gasteiger partial charge in [0.2, 0.25) is 0 Å². The van der Waals surface area contributed by atoms with Crippen LogP contribution in [-0.2, 0) is 0 Å². The van der Waals surface area contributed by atoms with Crippen molar-refractivity contribution in [1.82, 2.24) is 0 Å². The molecule has 0 spiro atoms. The van der Waals surface area contributed by atoms with Crippen molar-refractivity contribution in [2.75, 3.05) is 0 Å². The lowest BCUT2D eigenvalue weighted by molar-refractivity contribution is 0.322. The third-order valence-electron chi connectivity index (χ3n) is 2.36. The number of hydrogen-bond donors (Lipinski definition) is 2. The standard InChI is InChI=1S/C12H11N3O/c13-15-12(8-14-16)11-6-5-9-3-1-2-4-10(9)7-11/h1-8,16H,13H2/b14-8+,15-12+. The van der Waals surface area contributed by atoms with Crippen LogP contribution in [0.2, 0.25) is 0 Å². The molecular formula is C12H11N3O. The summed E-state index contributed by atoms with van der Waals surface area (Å²) in [5.74, 6) is 5.22. The molecule has 0 aliphatic carbocycles. The van der Waals surface area contributed by atoms with Crippen molar-refractivity contribution < 1.29 is 5.21 Å². The SMILES string of the molecule is N/N=C(\C=N\O)c1ccc2ccccc2c1. The van der Waals surface area contributed by atoms with Gasteiger partial charge in [-0.15, -0.1) is 0 Å². The maximum Gasteiger partial charge on any atom is 0.111 e. The van der Waals surface area contributed by atoms with Gasteiger partial charge in [-0.2, -0.15) is 5.10 Å². The van der Waals surface area contributed by atoms with Crippen molar-refractivity contribution in [2.24, 2.45) is 16.1 Å². The minimum atomic E-state index is 0.438. The van der Waals surface area contributed by atoms with Gasteiger partial charge >= 0.3 is 0 Å². The summed E-state index contributed by atoms with van der Waals surface area (Å²) in [5, 5.41) is 17.2. The zero-order valence-corrected chi connectivity index (χ0v) is 8.54. The molecule has 0 aliphatic rings. The minimum absolute atomic E-state index is 0.438. The van der Waals surface area contributed by atoms with Crippen molar-refractivity contribution in [1.29, 1.82) is 0 Å². The predicted molar refractivity (Wildman–Crippen MR) is 65.0 cm³/mol. The van der Waals surface area contributed by atoms with Crippen molar-refractivity contribution in [3.8, 4) is 0 Å². The van der Waals surface area contributed by atoms with E-state index in [2.05, 4.69) is 10.3 Å². The molecule has 2 aromatic carbocycles. The molecule has 0 heterocycles. The normalized spacial score (nSPS) is 12.4. The van der Waals surface area contributed by atoms with E-state index in [1.54, 1.807) is 0 Å². The highest BCUT2D eigenvalue weighted by Crippen LogP contribution is 2.15. The number of hydrogen-bond acceptors (Lipinski definition) is 4. The maximum atomic E-state index is 8.48. The van der Waals surface area contributed by atoms with E-state index >= 15 is 0 Å². The molecule has 0 amide bonds. The molecular weight excluding hydrogens is 202 g/mol. The van der Waals surface area contributed by atoms with Crippen molar-refractivity contribution >= 4 is 22.7 Å². The summed E-state index contributed by atoms with van der Waals surface area (Å²) in [6.45, 7) is 0. The van der Waals surface area contributed by atoms with E-state index < -0.39 is 0 Å². The van der Waals surface area contributed by atoms with E-state index in [0.29, 0.717) is 5.71 Å². The molecule has 0 unspecified atom stereocenters. The number of nitrogens with two attached hydrogens (primary N) is 1. The Morgan fingerprint density at radius 1 is 1.12 bits per heavy atom. The number of benzene rings is 2. The van der Waals surface area contributed by atoms with Crippen molar-refractivity contribution in [3.05, 3.63) is 48.0 Å². The molecule has 3 N–H and O–H groups in total. The minimum Gasteiger partial charge on any atom is -0.411 e. The third kappa shape index (κ3) is 1.86. The van der Waals surface area contributed by atoms with Crippen LogP contribution >= 0.6 is 0 Å². The lowest BCUT2D eigenvalue weighted by Gasteiger charge is -2.02. The highest BCUT2D eigenvalue weighted by molar-refractivity contribution is 6.38. The van der Waals surface area contributed by atoms with Crippen LogP contribution in [0.25, 0.3) is 10.8 Å². The van der Waals surface area contributed by atoms with E-state index in [-0.39, 0.29) is 0 Å². The van der Waals surface area contributed by atoms with Crippen LogP contribution in [0.1, 0.15) is 5.56 Å². The second kappa shape index (κ2) is 4.44. The van der Waals surface area contributed by atoms with E-state index in [1.807, 2.05) is 42.5 Å². The highest BCUT2D eigenvalue weighted by atomic mass is 16.4. The summed E-state index contributed by atoms with van der Waals surface area (Å²) < 4.78 is 0. The first kappa shape index (κ1) is 10.2. The van der Waals surface area contributed by atoms with Gasteiger partial charge in [0.15, 0.2) is 0 Å². The zero-order chi connectivity index (χ0) is 11.4. The monoisotopic (exact) mass is 213 g/mol. The quantitative estimate of drug-likeness (QED) is 0.346. The number of nitrogens with zero attached hydrogens (tertiary/aromatic N) is 2. The molecule has 4 nitrogen and oxygen atoms in total. The Labute approximate surface area is 92.7 Å². The Kier molecular flexibility index (Phi) is 2.82. The average molecular weight is 213 g/mol. The fraction of sp³-hybridized carbons (Fsp3) is 0. The molecule has 0 aromatic heterocycles. The van der Waals surface area contributed by atoms with Crippen LogP contribution in [0.5, 0.6) is 0 Å². The van der Waals surface area contributed by atoms with Gasteiger partial charge in [-0.25, -0.2) is 0 Å². The maximum absolute atomic E-state index is 8.48. The van der Waals surface area contributed by atoms with Gasteiger partial charge in [-0.1, -0.05) is 41.6 Å². The molecule has 2 aromatic rings. The second-order valence-corrected chi connectivity index (χ2v) is 3.32. The fourth-order valence-electron chi connectivity index (χ4n) is 1.59. The lowest BCUT2D eigenvalue weighted by Crippen LogP contribution is -2.05. The fourth-order valence-corrected chi connectivity index (χ4v) is 1.59. The summed E-state index contributed by atoms with van der Waals surface area (Å²) in [5.41, 5.74) is 1.26. The number of oxime groups is 1. The Morgan fingerprint density at radius 3 is 2.56 bits per heavy atom. The van der Waals surface area contributed by atoms with Crippen LogP contribution in [-0.4, -0.2) is 17.1 Å². The average Bonchev–Trinajstić information content (AvgIpc) is 2.35. The third-order valence-corrected chi connectivity index (χ3v) is 2.36. The van der Waals surface area contributed by atoms with Gasteiger partial charge < -0.3 is 11.0 Å².